The molecule has 1 heterocycles. The molecular formula is C13H16ClF5N2O. The molecular weight excluding hydrogens is 331 g/mol. The van der Waals surface area contributed by atoms with Crippen molar-refractivity contribution in [2.45, 2.75) is 12.5 Å². The Morgan fingerprint density at radius 2 is 1.36 bits per heavy atom. The van der Waals surface area contributed by atoms with Crippen molar-refractivity contribution in [3.05, 3.63) is 34.6 Å². The first-order chi connectivity index (χ1) is 9.99. The summed E-state index contributed by atoms with van der Waals surface area (Å²) in [5.41, 5.74) is -0.873. The number of aliphatic hydroxyl groups excluding tert-OH is 1. The Kier molecular flexibility index (Phi) is 6.98. The van der Waals surface area contributed by atoms with Crippen LogP contribution in [0.5, 0.6) is 0 Å². The van der Waals surface area contributed by atoms with Crippen molar-refractivity contribution < 1.29 is 27.1 Å². The fourth-order valence-electron chi connectivity index (χ4n) is 2.54. The Morgan fingerprint density at radius 3 is 1.82 bits per heavy atom. The first-order valence-electron chi connectivity index (χ1n) is 6.56. The first kappa shape index (κ1) is 19.1. The molecule has 2 rings (SSSR count). The highest BCUT2D eigenvalue weighted by Crippen LogP contribution is 2.33. The molecule has 0 radical (unpaired) electrons. The standard InChI is InChI=1S/C13H15F5N2O.ClH/c14-9-8(10(15)12(17)13(18)11(9)16)7(1-6-21)20-4-2-19-3-5-20;/h7,19,21H,1-6H2;1H/t7-;/m1./s1. The summed E-state index contributed by atoms with van der Waals surface area (Å²) in [6.07, 6.45) is -0.113. The number of hydrogen-bond donors (Lipinski definition) is 2. The molecule has 0 amide bonds. The highest BCUT2D eigenvalue weighted by atomic mass is 35.5. The summed E-state index contributed by atoms with van der Waals surface area (Å²) in [5.74, 6) is -9.74. The van der Waals surface area contributed by atoms with E-state index in [1.807, 2.05) is 0 Å². The number of hydrogen-bond acceptors (Lipinski definition) is 3. The van der Waals surface area contributed by atoms with E-state index in [9.17, 15) is 22.0 Å². The summed E-state index contributed by atoms with van der Waals surface area (Å²) in [5, 5.41) is 12.1. The van der Waals surface area contributed by atoms with E-state index in [2.05, 4.69) is 5.32 Å². The van der Waals surface area contributed by atoms with Gasteiger partial charge in [-0.05, 0) is 6.42 Å². The minimum absolute atomic E-state index is 0. The molecule has 3 nitrogen and oxygen atoms in total. The molecule has 0 saturated carbocycles. The molecule has 0 aromatic heterocycles. The minimum Gasteiger partial charge on any atom is -0.396 e. The maximum atomic E-state index is 13.9. The lowest BCUT2D eigenvalue weighted by molar-refractivity contribution is 0.133. The van der Waals surface area contributed by atoms with Gasteiger partial charge < -0.3 is 10.4 Å². The molecule has 126 valence electrons. The van der Waals surface area contributed by atoms with Crippen LogP contribution >= 0.6 is 12.4 Å². The van der Waals surface area contributed by atoms with Gasteiger partial charge in [0.05, 0.1) is 0 Å². The summed E-state index contributed by atoms with van der Waals surface area (Å²) in [6.45, 7) is 1.44. The molecule has 2 N–H and O–H groups in total. The molecule has 1 aliphatic rings. The maximum Gasteiger partial charge on any atom is 0.200 e. The van der Waals surface area contributed by atoms with Crippen molar-refractivity contribution in [3.63, 3.8) is 0 Å². The predicted octanol–water partition coefficient (Wildman–Crippen LogP) is 2.13. The molecule has 22 heavy (non-hydrogen) atoms. The van der Waals surface area contributed by atoms with Crippen LogP contribution in [0.25, 0.3) is 0 Å². The van der Waals surface area contributed by atoms with Crippen molar-refractivity contribution in [2.75, 3.05) is 32.8 Å². The average Bonchev–Trinajstić information content (AvgIpc) is 2.51. The zero-order valence-corrected chi connectivity index (χ0v) is 12.3. The van der Waals surface area contributed by atoms with Crippen LogP contribution in [0, 0.1) is 29.1 Å². The second-order valence-electron chi connectivity index (χ2n) is 4.80. The number of halogens is 6. The Bertz CT molecular complexity index is 497. The largest absolute Gasteiger partial charge is 0.396 e. The third-order valence-corrected chi connectivity index (χ3v) is 3.57. The van der Waals surface area contributed by atoms with Crippen molar-refractivity contribution in [1.29, 1.82) is 0 Å². The zero-order valence-electron chi connectivity index (χ0n) is 11.5. The SMILES string of the molecule is Cl.OCC[C@H](c1c(F)c(F)c(F)c(F)c1F)N1CCNCC1. The molecule has 0 spiro atoms. The highest BCUT2D eigenvalue weighted by Gasteiger charge is 2.33. The van der Waals surface area contributed by atoms with E-state index in [-0.39, 0.29) is 18.8 Å². The molecule has 1 aromatic carbocycles. The molecule has 1 atom stereocenters. The van der Waals surface area contributed by atoms with Crippen LogP contribution in [0.1, 0.15) is 18.0 Å². The van der Waals surface area contributed by atoms with Crippen LogP contribution < -0.4 is 5.32 Å². The lowest BCUT2D eigenvalue weighted by atomic mass is 9.99. The van der Waals surface area contributed by atoms with Crippen molar-refractivity contribution >= 4 is 12.4 Å². The van der Waals surface area contributed by atoms with Crippen molar-refractivity contribution in [2.24, 2.45) is 0 Å². The molecule has 0 unspecified atom stereocenters. The molecule has 1 aromatic rings. The van der Waals surface area contributed by atoms with Gasteiger partial charge in [-0.1, -0.05) is 0 Å². The summed E-state index contributed by atoms with van der Waals surface area (Å²) in [7, 11) is 0. The van der Waals surface area contributed by atoms with Gasteiger partial charge in [0.2, 0.25) is 5.82 Å². The number of nitrogens with zero attached hydrogens (tertiary/aromatic N) is 1. The van der Waals surface area contributed by atoms with Gasteiger partial charge in [-0.3, -0.25) is 4.90 Å². The Hall–Kier alpha value is -0.960. The average molecular weight is 347 g/mol. The summed E-state index contributed by atoms with van der Waals surface area (Å²) >= 11 is 0. The lowest BCUT2D eigenvalue weighted by Gasteiger charge is -2.35. The van der Waals surface area contributed by atoms with Gasteiger partial charge in [-0.25, -0.2) is 22.0 Å². The second-order valence-corrected chi connectivity index (χ2v) is 4.80. The topological polar surface area (TPSA) is 35.5 Å². The van der Waals surface area contributed by atoms with E-state index in [0.717, 1.165) is 0 Å². The minimum atomic E-state index is -2.17. The summed E-state index contributed by atoms with van der Waals surface area (Å²) in [6, 6.07) is -1.05. The van der Waals surface area contributed by atoms with E-state index in [0.29, 0.717) is 26.2 Å². The van der Waals surface area contributed by atoms with Gasteiger partial charge in [0.1, 0.15) is 0 Å². The number of benzene rings is 1. The first-order valence-corrected chi connectivity index (χ1v) is 6.56. The van der Waals surface area contributed by atoms with Gasteiger partial charge in [-0.2, -0.15) is 0 Å². The van der Waals surface area contributed by atoms with Gasteiger partial charge in [0.25, 0.3) is 0 Å². The van der Waals surface area contributed by atoms with Crippen LogP contribution in [0.3, 0.4) is 0 Å². The molecule has 1 fully saturated rings. The Morgan fingerprint density at radius 1 is 0.909 bits per heavy atom. The Labute approximate surface area is 130 Å². The van der Waals surface area contributed by atoms with Crippen molar-refractivity contribution in [3.8, 4) is 0 Å². The molecule has 9 heteroatoms. The predicted molar refractivity (Wildman–Crippen MR) is 72.4 cm³/mol. The summed E-state index contributed by atoms with van der Waals surface area (Å²) in [4.78, 5) is 1.60. The smallest absolute Gasteiger partial charge is 0.200 e. The number of piperazine rings is 1. The number of rotatable bonds is 4. The second kappa shape index (κ2) is 8.05. The van der Waals surface area contributed by atoms with Crippen LogP contribution in [-0.2, 0) is 0 Å². The van der Waals surface area contributed by atoms with Crippen molar-refractivity contribution in [1.82, 2.24) is 10.2 Å². The van der Waals surface area contributed by atoms with E-state index < -0.39 is 47.3 Å². The molecule has 0 bridgehead atoms. The fraction of sp³-hybridized carbons (Fsp3) is 0.538. The van der Waals surface area contributed by atoms with Gasteiger partial charge in [-0.15, -0.1) is 12.4 Å². The fourth-order valence-corrected chi connectivity index (χ4v) is 2.54. The van der Waals surface area contributed by atoms with E-state index in [1.54, 1.807) is 4.90 Å². The highest BCUT2D eigenvalue weighted by molar-refractivity contribution is 5.85. The maximum absolute atomic E-state index is 13.9. The number of aliphatic hydroxyl groups is 1. The quantitative estimate of drug-likeness (QED) is 0.498. The van der Waals surface area contributed by atoms with E-state index in [1.165, 1.54) is 0 Å². The van der Waals surface area contributed by atoms with Crippen LogP contribution in [0.4, 0.5) is 22.0 Å². The van der Waals surface area contributed by atoms with Gasteiger partial charge >= 0.3 is 0 Å². The van der Waals surface area contributed by atoms with E-state index >= 15 is 0 Å². The normalized spacial score (nSPS) is 17.2. The van der Waals surface area contributed by atoms with Crippen LogP contribution in [-0.4, -0.2) is 42.8 Å². The monoisotopic (exact) mass is 346 g/mol. The van der Waals surface area contributed by atoms with Crippen LogP contribution in [0.2, 0.25) is 0 Å². The third-order valence-electron chi connectivity index (χ3n) is 3.57. The zero-order chi connectivity index (χ0) is 15.6. The molecule has 1 aliphatic heterocycles. The molecule has 1 saturated heterocycles. The lowest BCUT2D eigenvalue weighted by Crippen LogP contribution is -2.45. The van der Waals surface area contributed by atoms with Gasteiger partial charge in [0, 0.05) is 44.4 Å². The van der Waals surface area contributed by atoms with Gasteiger partial charge in [0.15, 0.2) is 23.3 Å². The van der Waals surface area contributed by atoms with E-state index in [4.69, 9.17) is 5.11 Å². The number of nitrogens with one attached hydrogen (secondary N) is 1. The third kappa shape index (κ3) is 3.51. The van der Waals surface area contributed by atoms with Crippen LogP contribution in [0.15, 0.2) is 0 Å². The Balaban J connectivity index is 0.00000242. The summed E-state index contributed by atoms with van der Waals surface area (Å²) < 4.78 is 67.5. The molecule has 0 aliphatic carbocycles.